The van der Waals surface area contributed by atoms with E-state index in [9.17, 15) is 9.59 Å². The van der Waals surface area contributed by atoms with Crippen LogP contribution in [0.1, 0.15) is 28.8 Å². The molecule has 1 saturated heterocycles. The Hall–Kier alpha value is -2.64. The number of carbonyl (C=O) groups is 1. The average molecular weight is 443 g/mol. The molecule has 0 bridgehead atoms. The average Bonchev–Trinajstić information content (AvgIpc) is 2.63. The zero-order valence-electron chi connectivity index (χ0n) is 16.3. The summed E-state index contributed by atoms with van der Waals surface area (Å²) >= 11 is 0. The fourth-order valence-electron chi connectivity index (χ4n) is 2.95. The number of hydrogen-bond acceptors (Lipinski definition) is 6. The van der Waals surface area contributed by atoms with E-state index in [4.69, 9.17) is 28.0 Å². The van der Waals surface area contributed by atoms with E-state index >= 15 is 0 Å². The fourth-order valence-corrected chi connectivity index (χ4v) is 2.95. The first-order valence-electron chi connectivity index (χ1n) is 8.79. The van der Waals surface area contributed by atoms with Gasteiger partial charge in [-0.05, 0) is 37.3 Å². The molecule has 0 saturated carbocycles. The fraction of sp³-hybridized carbons (Fsp3) is 0.389. The third kappa shape index (κ3) is 8.00. The second-order valence-electron chi connectivity index (χ2n) is 6.70. The van der Waals surface area contributed by atoms with Crippen molar-refractivity contribution in [3.05, 3.63) is 52.1 Å². The van der Waals surface area contributed by atoms with Crippen molar-refractivity contribution in [3.63, 3.8) is 0 Å². The van der Waals surface area contributed by atoms with Crippen LogP contribution in [0.3, 0.4) is 0 Å². The number of hydrogen-bond donors (Lipinski definition) is 3. The van der Waals surface area contributed by atoms with Gasteiger partial charge in [-0.25, -0.2) is 0 Å². The van der Waals surface area contributed by atoms with Crippen LogP contribution in [0.4, 0.5) is 0 Å². The van der Waals surface area contributed by atoms with Crippen LogP contribution in [0.25, 0.3) is 11.3 Å². The number of ether oxygens (including phenoxy) is 1. The Kier molecular flexibility index (Phi) is 9.26. The van der Waals surface area contributed by atoms with Crippen molar-refractivity contribution in [3.8, 4) is 11.3 Å². The van der Waals surface area contributed by atoms with Gasteiger partial charge in [0.2, 0.25) is 5.43 Å². The van der Waals surface area contributed by atoms with Crippen molar-refractivity contribution < 1.29 is 32.5 Å². The highest BCUT2D eigenvalue weighted by molar-refractivity contribution is 7.79. The van der Waals surface area contributed by atoms with Gasteiger partial charge >= 0.3 is 10.4 Å². The molecule has 1 amide bonds. The summed E-state index contributed by atoms with van der Waals surface area (Å²) in [5.74, 6) is -0.254. The van der Waals surface area contributed by atoms with E-state index in [2.05, 4.69) is 4.98 Å². The summed E-state index contributed by atoms with van der Waals surface area (Å²) in [4.78, 5) is 28.6. The summed E-state index contributed by atoms with van der Waals surface area (Å²) in [5.41, 5.74) is 6.98. The van der Waals surface area contributed by atoms with Gasteiger partial charge in [0.1, 0.15) is 5.56 Å². The molecule has 1 aliphatic rings. The molecule has 3 heterocycles. The first kappa shape index (κ1) is 25.4. The summed E-state index contributed by atoms with van der Waals surface area (Å²) in [6, 6.07) is 3.68. The molecule has 12 heteroatoms. The van der Waals surface area contributed by atoms with E-state index in [1.807, 2.05) is 17.6 Å². The summed E-state index contributed by atoms with van der Waals surface area (Å²) < 4.78 is 38.8. The molecule has 0 unspecified atom stereocenters. The summed E-state index contributed by atoms with van der Waals surface area (Å²) in [7, 11) is -4.67. The highest BCUT2D eigenvalue weighted by atomic mass is 32.3. The molecule has 11 nitrogen and oxygen atoms in total. The highest BCUT2D eigenvalue weighted by Gasteiger charge is 2.18. The molecule has 0 atom stereocenters. The summed E-state index contributed by atoms with van der Waals surface area (Å²) in [6.07, 6.45) is 6.96. The van der Waals surface area contributed by atoms with Crippen LogP contribution in [0, 0.1) is 12.8 Å². The second kappa shape index (κ2) is 10.9. The third-order valence-electron chi connectivity index (χ3n) is 4.34. The minimum absolute atomic E-state index is 0. The molecule has 2 aromatic rings. The lowest BCUT2D eigenvalue weighted by Gasteiger charge is -2.23. The molecule has 6 N–H and O–H groups in total. The molecule has 2 aromatic heterocycles. The third-order valence-corrected chi connectivity index (χ3v) is 4.34. The SMILES string of the molecule is Cc1ccc(-c2cn(CC3CCOCC3)cc(C(N)=O)c2=O)nc1.O.O=S(=O)(O)O. The maximum Gasteiger partial charge on any atom is 0.394 e. The first-order chi connectivity index (χ1) is 13.5. The van der Waals surface area contributed by atoms with Crippen molar-refractivity contribution in [2.24, 2.45) is 11.7 Å². The predicted octanol–water partition coefficient (Wildman–Crippen LogP) is 0.267. The molecule has 0 spiro atoms. The summed E-state index contributed by atoms with van der Waals surface area (Å²) in [5, 5.41) is 0. The Morgan fingerprint density at radius 3 is 2.37 bits per heavy atom. The van der Waals surface area contributed by atoms with Crippen molar-refractivity contribution in [2.45, 2.75) is 26.3 Å². The number of aryl methyl sites for hydroxylation is 1. The van der Waals surface area contributed by atoms with Gasteiger partial charge in [0.15, 0.2) is 0 Å². The second-order valence-corrected chi connectivity index (χ2v) is 7.60. The van der Waals surface area contributed by atoms with E-state index in [0.29, 0.717) is 17.2 Å². The number of pyridine rings is 2. The summed E-state index contributed by atoms with van der Waals surface area (Å²) in [6.45, 7) is 4.16. The Bertz CT molecular complexity index is 1000. The van der Waals surface area contributed by atoms with Gasteiger partial charge in [-0.15, -0.1) is 0 Å². The topological polar surface area (TPSA) is 193 Å². The van der Waals surface area contributed by atoms with Crippen LogP contribution < -0.4 is 11.2 Å². The maximum absolute atomic E-state index is 12.6. The zero-order valence-corrected chi connectivity index (χ0v) is 17.1. The van der Waals surface area contributed by atoms with Gasteiger partial charge in [-0.3, -0.25) is 23.7 Å². The Balaban J connectivity index is 0.000000674. The standard InChI is InChI=1S/C18H21N3O3.H2O4S.H2O/c1-12-2-3-16(20-8-12)14-10-21(9-13-4-6-24-7-5-13)11-15(17(14)22)18(19)23;1-5(2,3)4;/h2-3,8,10-11,13H,4-7,9H2,1H3,(H2,19,23);(H2,1,2,3,4);1H2. The lowest BCUT2D eigenvalue weighted by Crippen LogP contribution is -2.27. The van der Waals surface area contributed by atoms with Gasteiger partial charge in [0.25, 0.3) is 5.91 Å². The molecular formula is C18H25N3O8S. The van der Waals surface area contributed by atoms with Gasteiger partial charge in [0.05, 0.1) is 11.3 Å². The number of nitrogens with zero attached hydrogens (tertiary/aromatic N) is 2. The monoisotopic (exact) mass is 443 g/mol. The van der Waals surface area contributed by atoms with Gasteiger partial charge in [-0.2, -0.15) is 8.42 Å². The van der Waals surface area contributed by atoms with Crippen molar-refractivity contribution in [1.82, 2.24) is 9.55 Å². The normalized spacial score (nSPS) is 14.2. The zero-order chi connectivity index (χ0) is 21.6. The lowest BCUT2D eigenvalue weighted by molar-refractivity contribution is 0.0612. The van der Waals surface area contributed by atoms with E-state index < -0.39 is 16.3 Å². The van der Waals surface area contributed by atoms with Crippen LogP contribution in [-0.4, -0.2) is 51.7 Å². The number of nitrogens with two attached hydrogens (primary N) is 1. The van der Waals surface area contributed by atoms with Gasteiger partial charge in [0, 0.05) is 38.3 Å². The molecule has 0 aromatic carbocycles. The van der Waals surface area contributed by atoms with E-state index in [0.717, 1.165) is 38.2 Å². The van der Waals surface area contributed by atoms with Crippen LogP contribution in [0.15, 0.2) is 35.5 Å². The minimum atomic E-state index is -4.67. The predicted molar refractivity (Wildman–Crippen MR) is 109 cm³/mol. The van der Waals surface area contributed by atoms with E-state index in [-0.39, 0.29) is 16.5 Å². The first-order valence-corrected chi connectivity index (χ1v) is 10.2. The maximum atomic E-state index is 12.6. The molecule has 1 aliphatic heterocycles. The lowest BCUT2D eigenvalue weighted by atomic mass is 10.00. The molecule has 1 fully saturated rings. The molecule has 0 radical (unpaired) electrons. The van der Waals surface area contributed by atoms with Crippen LogP contribution in [0.5, 0.6) is 0 Å². The van der Waals surface area contributed by atoms with E-state index in [1.54, 1.807) is 24.7 Å². The smallest absolute Gasteiger partial charge is 0.394 e. The largest absolute Gasteiger partial charge is 0.412 e. The Morgan fingerprint density at radius 1 is 1.27 bits per heavy atom. The molecule has 166 valence electrons. The molecule has 30 heavy (non-hydrogen) atoms. The number of carbonyl (C=O) groups excluding carboxylic acids is 1. The molecule has 0 aliphatic carbocycles. The van der Waals surface area contributed by atoms with E-state index in [1.165, 1.54) is 0 Å². The van der Waals surface area contributed by atoms with Crippen molar-refractivity contribution in [1.29, 1.82) is 0 Å². The van der Waals surface area contributed by atoms with Crippen LogP contribution in [0.2, 0.25) is 0 Å². The van der Waals surface area contributed by atoms with Crippen LogP contribution >= 0.6 is 0 Å². The highest BCUT2D eigenvalue weighted by Crippen LogP contribution is 2.19. The van der Waals surface area contributed by atoms with Crippen molar-refractivity contribution >= 4 is 16.3 Å². The number of amides is 1. The number of aromatic nitrogens is 2. The Morgan fingerprint density at radius 2 is 1.87 bits per heavy atom. The molecule has 3 rings (SSSR count). The Labute approximate surface area is 173 Å². The van der Waals surface area contributed by atoms with Gasteiger partial charge < -0.3 is 20.5 Å². The van der Waals surface area contributed by atoms with Crippen LogP contribution in [-0.2, 0) is 21.7 Å². The number of primary amides is 1. The molecular weight excluding hydrogens is 418 g/mol. The number of rotatable bonds is 4. The quantitative estimate of drug-likeness (QED) is 0.560. The minimum Gasteiger partial charge on any atom is -0.412 e. The van der Waals surface area contributed by atoms with Crippen molar-refractivity contribution in [2.75, 3.05) is 13.2 Å². The van der Waals surface area contributed by atoms with Gasteiger partial charge in [-0.1, -0.05) is 6.07 Å².